The maximum atomic E-state index is 13.6. The molecule has 0 aliphatic carbocycles. The Labute approximate surface area is 141 Å². The first kappa shape index (κ1) is 17.9. The van der Waals surface area contributed by atoms with Crippen LogP contribution in [0.2, 0.25) is 0 Å². The predicted octanol–water partition coefficient (Wildman–Crippen LogP) is 2.42. The van der Waals surface area contributed by atoms with Crippen LogP contribution in [0.3, 0.4) is 0 Å². The summed E-state index contributed by atoms with van der Waals surface area (Å²) in [5.74, 6) is -2.28. The highest BCUT2D eigenvalue weighted by molar-refractivity contribution is 5.98. The summed E-state index contributed by atoms with van der Waals surface area (Å²) in [7, 11) is 0. The van der Waals surface area contributed by atoms with E-state index in [2.05, 4.69) is 5.32 Å². The Morgan fingerprint density at radius 2 is 2.00 bits per heavy atom. The summed E-state index contributed by atoms with van der Waals surface area (Å²) in [6, 6.07) is 7.49. The highest BCUT2D eigenvalue weighted by Crippen LogP contribution is 2.20. The SMILES string of the molecule is Cc1ccc(NC(=O)COC(=O)c2ccc([N+](=O)[O-])cc2N)c(F)c1. The molecule has 0 saturated carbocycles. The summed E-state index contributed by atoms with van der Waals surface area (Å²) >= 11 is 0. The molecule has 0 saturated heterocycles. The molecule has 0 heterocycles. The second-order valence-electron chi connectivity index (χ2n) is 5.14. The molecule has 2 aromatic carbocycles. The number of carbonyl (C=O) groups excluding carboxylic acids is 2. The minimum Gasteiger partial charge on any atom is -0.452 e. The molecule has 0 aliphatic heterocycles. The van der Waals surface area contributed by atoms with Gasteiger partial charge in [0.15, 0.2) is 6.61 Å². The van der Waals surface area contributed by atoms with E-state index in [-0.39, 0.29) is 22.6 Å². The average Bonchev–Trinajstić information content (AvgIpc) is 2.55. The zero-order valence-corrected chi connectivity index (χ0v) is 13.1. The van der Waals surface area contributed by atoms with Crippen molar-refractivity contribution in [3.05, 3.63) is 63.5 Å². The number of nitro groups is 1. The molecular formula is C16H14FN3O5. The van der Waals surface area contributed by atoms with Crippen LogP contribution in [0.1, 0.15) is 15.9 Å². The molecule has 9 heteroatoms. The third kappa shape index (κ3) is 4.50. The van der Waals surface area contributed by atoms with Gasteiger partial charge in [-0.2, -0.15) is 0 Å². The summed E-state index contributed by atoms with van der Waals surface area (Å²) < 4.78 is 18.4. The number of rotatable bonds is 5. The van der Waals surface area contributed by atoms with Crippen molar-refractivity contribution in [2.24, 2.45) is 0 Å². The topological polar surface area (TPSA) is 125 Å². The number of nitrogens with zero attached hydrogens (tertiary/aromatic N) is 1. The maximum absolute atomic E-state index is 13.6. The molecule has 8 nitrogen and oxygen atoms in total. The smallest absolute Gasteiger partial charge is 0.340 e. The number of halogens is 1. The monoisotopic (exact) mass is 347 g/mol. The molecule has 0 radical (unpaired) electrons. The Bertz CT molecular complexity index is 854. The Kier molecular flexibility index (Phi) is 5.28. The molecule has 3 N–H and O–H groups in total. The number of carbonyl (C=O) groups is 2. The Balaban J connectivity index is 1.97. The molecule has 2 rings (SSSR count). The van der Waals surface area contributed by atoms with E-state index in [9.17, 15) is 24.1 Å². The van der Waals surface area contributed by atoms with Crippen molar-refractivity contribution in [1.29, 1.82) is 0 Å². The zero-order chi connectivity index (χ0) is 18.6. The summed E-state index contributed by atoms with van der Waals surface area (Å²) in [5, 5.41) is 12.9. The van der Waals surface area contributed by atoms with Crippen molar-refractivity contribution in [2.75, 3.05) is 17.7 Å². The third-order valence-electron chi connectivity index (χ3n) is 3.20. The fraction of sp³-hybridized carbons (Fsp3) is 0.125. The maximum Gasteiger partial charge on any atom is 0.340 e. The number of non-ortho nitro benzene ring substituents is 1. The number of nitrogen functional groups attached to an aromatic ring is 1. The number of anilines is 2. The molecule has 130 valence electrons. The van der Waals surface area contributed by atoms with Gasteiger partial charge in [0.1, 0.15) is 5.82 Å². The zero-order valence-electron chi connectivity index (χ0n) is 13.1. The van der Waals surface area contributed by atoms with Gasteiger partial charge in [-0.05, 0) is 30.7 Å². The van der Waals surface area contributed by atoms with Gasteiger partial charge in [0, 0.05) is 12.1 Å². The van der Waals surface area contributed by atoms with Crippen LogP contribution in [0.25, 0.3) is 0 Å². The Hall–Kier alpha value is -3.49. The highest BCUT2D eigenvalue weighted by Gasteiger charge is 2.17. The van der Waals surface area contributed by atoms with Gasteiger partial charge in [-0.15, -0.1) is 0 Å². The van der Waals surface area contributed by atoms with Crippen LogP contribution >= 0.6 is 0 Å². The van der Waals surface area contributed by atoms with E-state index in [0.717, 1.165) is 18.2 Å². The van der Waals surface area contributed by atoms with Crippen molar-refractivity contribution < 1.29 is 23.6 Å². The first-order chi connectivity index (χ1) is 11.8. The van der Waals surface area contributed by atoms with Crippen molar-refractivity contribution in [2.45, 2.75) is 6.92 Å². The lowest BCUT2D eigenvalue weighted by atomic mass is 10.1. The predicted molar refractivity (Wildman–Crippen MR) is 87.6 cm³/mol. The van der Waals surface area contributed by atoms with Gasteiger partial charge in [-0.3, -0.25) is 14.9 Å². The minimum atomic E-state index is -0.924. The fourth-order valence-corrected chi connectivity index (χ4v) is 1.97. The van der Waals surface area contributed by atoms with Gasteiger partial charge in [0.2, 0.25) is 0 Å². The molecule has 0 aliphatic rings. The number of nitro benzene ring substituents is 1. The van der Waals surface area contributed by atoms with E-state index >= 15 is 0 Å². The average molecular weight is 347 g/mol. The first-order valence-corrected chi connectivity index (χ1v) is 7.05. The van der Waals surface area contributed by atoms with E-state index in [1.807, 2.05) is 0 Å². The van der Waals surface area contributed by atoms with Gasteiger partial charge >= 0.3 is 5.97 Å². The van der Waals surface area contributed by atoms with Crippen molar-refractivity contribution >= 4 is 28.9 Å². The van der Waals surface area contributed by atoms with E-state index in [1.165, 1.54) is 12.1 Å². The molecule has 1 amide bonds. The second-order valence-corrected chi connectivity index (χ2v) is 5.14. The lowest BCUT2D eigenvalue weighted by Crippen LogP contribution is -2.22. The van der Waals surface area contributed by atoms with Gasteiger partial charge in [0.05, 0.1) is 21.9 Å². The fourth-order valence-electron chi connectivity index (χ4n) is 1.97. The van der Waals surface area contributed by atoms with Gasteiger partial charge in [0.25, 0.3) is 11.6 Å². The largest absolute Gasteiger partial charge is 0.452 e. The van der Waals surface area contributed by atoms with Crippen LogP contribution in [-0.2, 0) is 9.53 Å². The number of hydrogen-bond donors (Lipinski definition) is 2. The molecule has 0 spiro atoms. The van der Waals surface area contributed by atoms with Crippen molar-refractivity contribution in [3.8, 4) is 0 Å². The summed E-state index contributed by atoms with van der Waals surface area (Å²) in [4.78, 5) is 33.6. The molecule has 0 atom stereocenters. The van der Waals surface area contributed by atoms with E-state index < -0.39 is 29.2 Å². The first-order valence-electron chi connectivity index (χ1n) is 7.05. The highest BCUT2D eigenvalue weighted by atomic mass is 19.1. The van der Waals surface area contributed by atoms with Gasteiger partial charge < -0.3 is 15.8 Å². The van der Waals surface area contributed by atoms with Crippen LogP contribution in [0, 0.1) is 22.9 Å². The van der Waals surface area contributed by atoms with Crippen molar-refractivity contribution in [1.82, 2.24) is 0 Å². The summed E-state index contributed by atoms with van der Waals surface area (Å²) in [6.45, 7) is 1.04. The molecule has 0 aromatic heterocycles. The van der Waals surface area contributed by atoms with Crippen LogP contribution in [0.15, 0.2) is 36.4 Å². The quantitative estimate of drug-likeness (QED) is 0.370. The molecule has 0 fully saturated rings. The van der Waals surface area contributed by atoms with E-state index in [0.29, 0.717) is 5.56 Å². The van der Waals surface area contributed by atoms with Crippen LogP contribution in [0.4, 0.5) is 21.5 Å². The normalized spacial score (nSPS) is 10.2. The molecule has 2 aromatic rings. The Morgan fingerprint density at radius 1 is 1.28 bits per heavy atom. The minimum absolute atomic E-state index is 0.0403. The summed E-state index contributed by atoms with van der Waals surface area (Å²) in [5.41, 5.74) is 5.68. The molecule has 25 heavy (non-hydrogen) atoms. The van der Waals surface area contributed by atoms with Gasteiger partial charge in [-0.25, -0.2) is 9.18 Å². The standard InChI is InChI=1S/C16H14FN3O5/c1-9-2-5-14(12(17)6-9)19-15(21)8-25-16(22)11-4-3-10(20(23)24)7-13(11)18/h2-7H,8,18H2,1H3,(H,19,21). The van der Waals surface area contributed by atoms with Crippen LogP contribution in [0.5, 0.6) is 0 Å². The number of esters is 1. The number of ether oxygens (including phenoxy) is 1. The number of nitrogens with two attached hydrogens (primary N) is 1. The third-order valence-corrected chi connectivity index (χ3v) is 3.20. The lowest BCUT2D eigenvalue weighted by molar-refractivity contribution is -0.384. The van der Waals surface area contributed by atoms with Gasteiger partial charge in [-0.1, -0.05) is 6.07 Å². The number of nitrogens with one attached hydrogen (secondary N) is 1. The lowest BCUT2D eigenvalue weighted by Gasteiger charge is -2.09. The number of aryl methyl sites for hydroxylation is 1. The second kappa shape index (κ2) is 7.39. The van der Waals surface area contributed by atoms with Crippen LogP contribution < -0.4 is 11.1 Å². The van der Waals surface area contributed by atoms with Crippen molar-refractivity contribution in [3.63, 3.8) is 0 Å². The Morgan fingerprint density at radius 3 is 2.60 bits per heavy atom. The number of benzene rings is 2. The number of hydrogen-bond acceptors (Lipinski definition) is 6. The molecule has 0 bridgehead atoms. The van der Waals surface area contributed by atoms with Crippen LogP contribution in [-0.4, -0.2) is 23.4 Å². The molecule has 0 unspecified atom stereocenters. The summed E-state index contributed by atoms with van der Waals surface area (Å²) in [6.07, 6.45) is 0. The number of amides is 1. The molecular weight excluding hydrogens is 333 g/mol. The van der Waals surface area contributed by atoms with E-state index in [1.54, 1.807) is 13.0 Å². The van der Waals surface area contributed by atoms with E-state index in [4.69, 9.17) is 10.5 Å².